The summed E-state index contributed by atoms with van der Waals surface area (Å²) in [5.41, 5.74) is 6.56. The van der Waals surface area contributed by atoms with E-state index in [9.17, 15) is 4.79 Å². The van der Waals surface area contributed by atoms with Gasteiger partial charge < -0.3 is 16.0 Å². The molecule has 0 spiro atoms. The Bertz CT molecular complexity index is 452. The van der Waals surface area contributed by atoms with E-state index in [-0.39, 0.29) is 5.91 Å². The lowest BCUT2D eigenvalue weighted by Crippen LogP contribution is -2.26. The zero-order valence-corrected chi connectivity index (χ0v) is 13.3. The molecule has 3 N–H and O–H groups in total. The molecule has 0 radical (unpaired) electrons. The van der Waals surface area contributed by atoms with Crippen molar-refractivity contribution >= 4 is 27.9 Å². The number of nitrogen functional groups attached to an aromatic ring is 1. The first kappa shape index (κ1) is 15.2. The fourth-order valence-corrected chi connectivity index (χ4v) is 3.81. The molecule has 1 aromatic heterocycles. The van der Waals surface area contributed by atoms with Gasteiger partial charge in [0.05, 0.1) is 10.7 Å². The molecule has 1 heterocycles. The molecule has 4 nitrogen and oxygen atoms in total. The Morgan fingerprint density at radius 3 is 2.80 bits per heavy atom. The Labute approximate surface area is 125 Å². The van der Waals surface area contributed by atoms with Crippen LogP contribution in [0.2, 0.25) is 0 Å². The topological polar surface area (TPSA) is 58.4 Å². The third-order valence-corrected chi connectivity index (χ3v) is 5.19. The lowest BCUT2D eigenvalue weighted by Gasteiger charge is -2.27. The van der Waals surface area contributed by atoms with E-state index in [1.54, 1.807) is 0 Å². The number of nitrogens with one attached hydrogen (secondary N) is 1. The summed E-state index contributed by atoms with van der Waals surface area (Å²) >= 11 is 1.49. The van der Waals surface area contributed by atoms with E-state index >= 15 is 0 Å². The monoisotopic (exact) mass is 295 g/mol. The third-order valence-electron chi connectivity index (χ3n) is 3.92. The number of nitrogens with two attached hydrogens (primary N) is 1. The predicted octanol–water partition coefficient (Wildman–Crippen LogP) is 3.10. The Morgan fingerprint density at radius 2 is 2.15 bits per heavy atom. The molecule has 1 aromatic rings. The van der Waals surface area contributed by atoms with Crippen molar-refractivity contribution in [3.05, 3.63) is 10.9 Å². The number of carbonyl (C=O) groups excluding carboxylic acids is 1. The summed E-state index contributed by atoms with van der Waals surface area (Å²) in [6.07, 6.45) is 6.75. The molecule has 5 heteroatoms. The van der Waals surface area contributed by atoms with Crippen molar-refractivity contribution in [2.75, 3.05) is 30.8 Å². The highest BCUT2D eigenvalue weighted by atomic mass is 32.1. The molecule has 1 saturated carbocycles. The smallest absolute Gasteiger partial charge is 0.263 e. The number of nitrogens with zero attached hydrogens (tertiary/aromatic N) is 1. The lowest BCUT2D eigenvalue weighted by molar-refractivity contribution is 0.0960. The maximum atomic E-state index is 11.9. The Balaban J connectivity index is 2.00. The zero-order chi connectivity index (χ0) is 14.5. The van der Waals surface area contributed by atoms with Crippen molar-refractivity contribution in [3.63, 3.8) is 0 Å². The highest BCUT2D eigenvalue weighted by Gasteiger charge is 2.19. The average molecular weight is 295 g/mol. The first-order valence-corrected chi connectivity index (χ1v) is 8.32. The maximum absolute atomic E-state index is 11.9. The molecule has 0 atom stereocenters. The third kappa shape index (κ3) is 3.66. The van der Waals surface area contributed by atoms with E-state index < -0.39 is 0 Å². The van der Waals surface area contributed by atoms with E-state index in [1.165, 1.54) is 43.4 Å². The van der Waals surface area contributed by atoms with Gasteiger partial charge in [-0.15, -0.1) is 11.3 Å². The average Bonchev–Trinajstić information content (AvgIpc) is 2.82. The van der Waals surface area contributed by atoms with Crippen LogP contribution < -0.4 is 16.0 Å². The summed E-state index contributed by atoms with van der Waals surface area (Å²) in [4.78, 5) is 14.8. The molecular formula is C15H25N3OS. The highest BCUT2D eigenvalue weighted by Crippen LogP contribution is 2.33. The summed E-state index contributed by atoms with van der Waals surface area (Å²) in [7, 11) is 2.10. The minimum absolute atomic E-state index is 0.0627. The molecule has 1 fully saturated rings. The van der Waals surface area contributed by atoms with Gasteiger partial charge in [0.25, 0.3) is 5.91 Å². The molecule has 2 rings (SSSR count). The van der Waals surface area contributed by atoms with Gasteiger partial charge >= 0.3 is 0 Å². The van der Waals surface area contributed by atoms with Gasteiger partial charge in [-0.25, -0.2) is 0 Å². The van der Waals surface area contributed by atoms with Gasteiger partial charge in [0.15, 0.2) is 0 Å². The molecule has 112 valence electrons. The zero-order valence-electron chi connectivity index (χ0n) is 12.4. The molecule has 1 aliphatic rings. The van der Waals surface area contributed by atoms with Gasteiger partial charge in [-0.05, 0) is 31.7 Å². The van der Waals surface area contributed by atoms with Crippen LogP contribution in [0, 0.1) is 5.92 Å². The SMILES string of the molecule is CCNC(=O)c1sc(N(C)CC2CCCCC2)cc1N. The molecule has 0 aliphatic heterocycles. The standard InChI is InChI=1S/C15H25N3OS/c1-3-17-15(19)14-12(16)9-13(20-14)18(2)10-11-7-5-4-6-8-11/h9,11H,3-8,10,16H2,1-2H3,(H,17,19). The first-order chi connectivity index (χ1) is 9.61. The van der Waals surface area contributed by atoms with Crippen LogP contribution in [0.3, 0.4) is 0 Å². The van der Waals surface area contributed by atoms with E-state index in [1.807, 2.05) is 13.0 Å². The van der Waals surface area contributed by atoms with Crippen LogP contribution in [0.5, 0.6) is 0 Å². The second kappa shape index (κ2) is 6.97. The minimum Gasteiger partial charge on any atom is -0.397 e. The summed E-state index contributed by atoms with van der Waals surface area (Å²) in [5, 5.41) is 3.90. The van der Waals surface area contributed by atoms with Gasteiger partial charge in [-0.1, -0.05) is 19.3 Å². The normalized spacial score (nSPS) is 16.1. The van der Waals surface area contributed by atoms with Crippen LogP contribution in [-0.2, 0) is 0 Å². The molecule has 1 aliphatic carbocycles. The summed E-state index contributed by atoms with van der Waals surface area (Å²) in [6.45, 7) is 3.61. The number of hydrogen-bond donors (Lipinski definition) is 2. The van der Waals surface area contributed by atoms with Crippen LogP contribution >= 0.6 is 11.3 Å². The van der Waals surface area contributed by atoms with Crippen LogP contribution in [-0.4, -0.2) is 26.0 Å². The predicted molar refractivity (Wildman–Crippen MR) is 86.6 cm³/mol. The number of hydrogen-bond acceptors (Lipinski definition) is 4. The second-order valence-corrected chi connectivity index (χ2v) is 6.64. The van der Waals surface area contributed by atoms with E-state index in [2.05, 4.69) is 17.3 Å². The summed E-state index contributed by atoms with van der Waals surface area (Å²) in [6, 6.07) is 1.93. The van der Waals surface area contributed by atoms with Crippen molar-refractivity contribution in [2.45, 2.75) is 39.0 Å². The van der Waals surface area contributed by atoms with Crippen LogP contribution in [0.4, 0.5) is 10.7 Å². The second-order valence-electron chi connectivity index (χ2n) is 5.61. The van der Waals surface area contributed by atoms with Gasteiger partial charge in [-0.3, -0.25) is 4.79 Å². The number of thiophene rings is 1. The van der Waals surface area contributed by atoms with Gasteiger partial charge in [0.2, 0.25) is 0 Å². The number of rotatable bonds is 5. The molecule has 0 unspecified atom stereocenters. The molecule has 0 saturated heterocycles. The van der Waals surface area contributed by atoms with Gasteiger partial charge in [-0.2, -0.15) is 0 Å². The van der Waals surface area contributed by atoms with Crippen LogP contribution in [0.15, 0.2) is 6.07 Å². The lowest BCUT2D eigenvalue weighted by atomic mass is 9.89. The molecule has 0 bridgehead atoms. The fraction of sp³-hybridized carbons (Fsp3) is 0.667. The quantitative estimate of drug-likeness (QED) is 0.877. The van der Waals surface area contributed by atoms with Crippen molar-refractivity contribution in [2.24, 2.45) is 5.92 Å². The van der Waals surface area contributed by atoms with E-state index in [4.69, 9.17) is 5.73 Å². The van der Waals surface area contributed by atoms with Crippen LogP contribution in [0.1, 0.15) is 48.7 Å². The van der Waals surface area contributed by atoms with E-state index in [0.29, 0.717) is 17.1 Å². The number of anilines is 2. The summed E-state index contributed by atoms with van der Waals surface area (Å²) in [5.74, 6) is 0.720. The maximum Gasteiger partial charge on any atom is 0.263 e. The number of amides is 1. The van der Waals surface area contributed by atoms with Crippen molar-refractivity contribution in [1.29, 1.82) is 0 Å². The van der Waals surface area contributed by atoms with Crippen molar-refractivity contribution in [1.82, 2.24) is 5.32 Å². The minimum atomic E-state index is -0.0627. The van der Waals surface area contributed by atoms with Gasteiger partial charge in [0.1, 0.15) is 4.88 Å². The largest absolute Gasteiger partial charge is 0.397 e. The molecule has 1 amide bonds. The molecule has 20 heavy (non-hydrogen) atoms. The van der Waals surface area contributed by atoms with Crippen molar-refractivity contribution in [3.8, 4) is 0 Å². The fourth-order valence-electron chi connectivity index (χ4n) is 2.84. The molecular weight excluding hydrogens is 270 g/mol. The van der Waals surface area contributed by atoms with Gasteiger partial charge in [0, 0.05) is 20.1 Å². The van der Waals surface area contributed by atoms with E-state index in [0.717, 1.165) is 17.5 Å². The number of carbonyl (C=O) groups is 1. The molecule has 0 aromatic carbocycles. The highest BCUT2D eigenvalue weighted by molar-refractivity contribution is 7.18. The first-order valence-electron chi connectivity index (χ1n) is 7.50. The Kier molecular flexibility index (Phi) is 5.29. The summed E-state index contributed by atoms with van der Waals surface area (Å²) < 4.78 is 0. The van der Waals surface area contributed by atoms with Crippen molar-refractivity contribution < 1.29 is 4.79 Å². The van der Waals surface area contributed by atoms with Crippen LogP contribution in [0.25, 0.3) is 0 Å². The Morgan fingerprint density at radius 1 is 1.45 bits per heavy atom. The Hall–Kier alpha value is -1.23.